The molecule has 0 atom stereocenters. The van der Waals surface area contributed by atoms with Crippen molar-refractivity contribution in [2.75, 3.05) is 33.4 Å². The molecule has 0 aliphatic carbocycles. The quantitative estimate of drug-likeness (QED) is 0.623. The van der Waals surface area contributed by atoms with Gasteiger partial charge in [-0.2, -0.15) is 0 Å². The highest BCUT2D eigenvalue weighted by Gasteiger charge is 2.08. The fraction of sp³-hybridized carbons (Fsp3) is 0.300. The van der Waals surface area contributed by atoms with Crippen LogP contribution in [-0.2, 0) is 4.79 Å². The molecule has 2 rings (SSSR count). The molecule has 0 bridgehead atoms. The van der Waals surface area contributed by atoms with Crippen molar-refractivity contribution in [2.24, 2.45) is 0 Å². The standard InChI is InChI=1S/C20H24N2O5/c1-3-26-17-6-4-15(5-7-17)20(24)22-14-19(23)21-12-13-27-18-10-8-16(25-2)9-11-18/h4-11H,3,12-14H2,1-2H3,(H,21,23)(H,22,24). The molecule has 27 heavy (non-hydrogen) atoms. The van der Waals surface area contributed by atoms with Gasteiger partial charge in [-0.3, -0.25) is 9.59 Å². The molecule has 2 aromatic rings. The lowest BCUT2D eigenvalue weighted by Gasteiger charge is -2.09. The first kappa shape index (κ1) is 20.1. The van der Waals surface area contributed by atoms with Gasteiger partial charge < -0.3 is 24.8 Å². The van der Waals surface area contributed by atoms with Gasteiger partial charge in [0, 0.05) is 5.56 Å². The first-order valence-corrected chi connectivity index (χ1v) is 8.67. The van der Waals surface area contributed by atoms with Gasteiger partial charge in [-0.05, 0) is 55.5 Å². The average molecular weight is 372 g/mol. The molecule has 7 nitrogen and oxygen atoms in total. The van der Waals surface area contributed by atoms with Crippen LogP contribution in [-0.4, -0.2) is 45.2 Å². The number of carbonyl (C=O) groups is 2. The fourth-order valence-electron chi connectivity index (χ4n) is 2.23. The molecule has 2 aromatic carbocycles. The summed E-state index contributed by atoms with van der Waals surface area (Å²) in [4.78, 5) is 23.8. The van der Waals surface area contributed by atoms with E-state index in [1.807, 2.05) is 6.92 Å². The number of rotatable bonds is 10. The maximum atomic E-state index is 12.0. The van der Waals surface area contributed by atoms with Gasteiger partial charge in [0.05, 0.1) is 26.8 Å². The van der Waals surface area contributed by atoms with Crippen LogP contribution in [0.25, 0.3) is 0 Å². The second-order valence-corrected chi connectivity index (χ2v) is 5.51. The minimum Gasteiger partial charge on any atom is -0.497 e. The fourth-order valence-corrected chi connectivity index (χ4v) is 2.23. The normalized spacial score (nSPS) is 10.0. The van der Waals surface area contributed by atoms with E-state index < -0.39 is 0 Å². The molecular weight excluding hydrogens is 348 g/mol. The van der Waals surface area contributed by atoms with E-state index in [9.17, 15) is 9.59 Å². The Hall–Kier alpha value is -3.22. The van der Waals surface area contributed by atoms with E-state index in [2.05, 4.69) is 10.6 Å². The highest BCUT2D eigenvalue weighted by molar-refractivity contribution is 5.96. The lowest BCUT2D eigenvalue weighted by molar-refractivity contribution is -0.120. The number of carbonyl (C=O) groups excluding carboxylic acids is 2. The van der Waals surface area contributed by atoms with Crippen LogP contribution in [0.2, 0.25) is 0 Å². The van der Waals surface area contributed by atoms with Crippen molar-refractivity contribution >= 4 is 11.8 Å². The van der Waals surface area contributed by atoms with E-state index in [0.717, 1.165) is 5.75 Å². The topological polar surface area (TPSA) is 85.9 Å². The van der Waals surface area contributed by atoms with Crippen molar-refractivity contribution in [3.63, 3.8) is 0 Å². The average Bonchev–Trinajstić information content (AvgIpc) is 2.70. The molecule has 0 spiro atoms. The van der Waals surface area contributed by atoms with Crippen LogP contribution in [0.15, 0.2) is 48.5 Å². The molecule has 0 aromatic heterocycles. The highest BCUT2D eigenvalue weighted by atomic mass is 16.5. The zero-order valence-corrected chi connectivity index (χ0v) is 15.5. The lowest BCUT2D eigenvalue weighted by atomic mass is 10.2. The van der Waals surface area contributed by atoms with Crippen molar-refractivity contribution in [1.29, 1.82) is 0 Å². The number of nitrogens with one attached hydrogen (secondary N) is 2. The van der Waals surface area contributed by atoms with Gasteiger partial charge in [0.1, 0.15) is 23.9 Å². The van der Waals surface area contributed by atoms with Gasteiger partial charge in [0.2, 0.25) is 5.91 Å². The van der Waals surface area contributed by atoms with Crippen LogP contribution in [0, 0.1) is 0 Å². The molecule has 0 aliphatic rings. The highest BCUT2D eigenvalue weighted by Crippen LogP contribution is 2.16. The first-order valence-electron chi connectivity index (χ1n) is 8.67. The molecule has 144 valence electrons. The van der Waals surface area contributed by atoms with E-state index in [1.165, 1.54) is 0 Å². The van der Waals surface area contributed by atoms with E-state index in [1.54, 1.807) is 55.6 Å². The Morgan fingerprint density at radius 2 is 1.44 bits per heavy atom. The minimum absolute atomic E-state index is 0.103. The Bertz CT molecular complexity index is 729. The summed E-state index contributed by atoms with van der Waals surface area (Å²) in [5.41, 5.74) is 0.467. The van der Waals surface area contributed by atoms with Crippen LogP contribution in [0.3, 0.4) is 0 Å². The van der Waals surface area contributed by atoms with Gasteiger partial charge in [-0.1, -0.05) is 0 Å². The Labute approximate surface area is 158 Å². The second kappa shape index (κ2) is 10.7. The van der Waals surface area contributed by atoms with Crippen LogP contribution in [0.5, 0.6) is 17.2 Å². The molecule has 2 amide bonds. The Morgan fingerprint density at radius 3 is 2.07 bits per heavy atom. The molecule has 7 heteroatoms. The molecular formula is C20H24N2O5. The number of methoxy groups -OCH3 is 1. The molecule has 0 saturated carbocycles. The first-order chi connectivity index (χ1) is 13.1. The Morgan fingerprint density at radius 1 is 0.852 bits per heavy atom. The van der Waals surface area contributed by atoms with Crippen LogP contribution in [0.4, 0.5) is 0 Å². The van der Waals surface area contributed by atoms with Gasteiger partial charge in [-0.15, -0.1) is 0 Å². The third kappa shape index (κ3) is 6.89. The van der Waals surface area contributed by atoms with Crippen LogP contribution in [0.1, 0.15) is 17.3 Å². The van der Waals surface area contributed by atoms with Crippen LogP contribution >= 0.6 is 0 Å². The number of ether oxygens (including phenoxy) is 3. The Kier molecular flexibility index (Phi) is 7.96. The van der Waals surface area contributed by atoms with Crippen molar-refractivity contribution in [3.05, 3.63) is 54.1 Å². The van der Waals surface area contributed by atoms with E-state index in [4.69, 9.17) is 14.2 Å². The summed E-state index contributed by atoms with van der Waals surface area (Å²) in [6.45, 7) is 3.01. The van der Waals surface area contributed by atoms with Crippen molar-refractivity contribution < 1.29 is 23.8 Å². The monoisotopic (exact) mass is 372 g/mol. The molecule has 2 N–H and O–H groups in total. The minimum atomic E-state index is -0.317. The third-order valence-corrected chi connectivity index (χ3v) is 3.59. The number of hydrogen-bond donors (Lipinski definition) is 2. The maximum Gasteiger partial charge on any atom is 0.251 e. The molecule has 0 heterocycles. The second-order valence-electron chi connectivity index (χ2n) is 5.51. The predicted octanol–water partition coefficient (Wildman–Crippen LogP) is 2.02. The smallest absolute Gasteiger partial charge is 0.251 e. The van der Waals surface area contributed by atoms with E-state index in [0.29, 0.717) is 36.8 Å². The van der Waals surface area contributed by atoms with E-state index in [-0.39, 0.29) is 18.4 Å². The maximum absolute atomic E-state index is 12.0. The SMILES string of the molecule is CCOc1ccc(C(=O)NCC(=O)NCCOc2ccc(OC)cc2)cc1. The summed E-state index contributed by atoms with van der Waals surface area (Å²) in [7, 11) is 1.60. The number of amides is 2. The molecule has 0 aliphatic heterocycles. The van der Waals surface area contributed by atoms with Gasteiger partial charge >= 0.3 is 0 Å². The summed E-state index contributed by atoms with van der Waals surface area (Å²) in [6, 6.07) is 13.9. The van der Waals surface area contributed by atoms with Crippen molar-refractivity contribution in [1.82, 2.24) is 10.6 Å². The van der Waals surface area contributed by atoms with Gasteiger partial charge in [0.15, 0.2) is 0 Å². The van der Waals surface area contributed by atoms with Gasteiger partial charge in [-0.25, -0.2) is 0 Å². The summed E-state index contributed by atoms with van der Waals surface area (Å²) in [5, 5.41) is 5.26. The molecule has 0 radical (unpaired) electrons. The summed E-state index contributed by atoms with van der Waals surface area (Å²) < 4.78 is 15.9. The third-order valence-electron chi connectivity index (χ3n) is 3.59. The number of benzene rings is 2. The van der Waals surface area contributed by atoms with Crippen molar-refractivity contribution in [3.8, 4) is 17.2 Å². The Balaban J connectivity index is 1.64. The summed E-state index contributed by atoms with van der Waals surface area (Å²) in [5.74, 6) is 1.53. The summed E-state index contributed by atoms with van der Waals surface area (Å²) in [6.07, 6.45) is 0. The lowest BCUT2D eigenvalue weighted by Crippen LogP contribution is -2.38. The number of hydrogen-bond acceptors (Lipinski definition) is 5. The molecule has 0 saturated heterocycles. The predicted molar refractivity (Wildman–Crippen MR) is 101 cm³/mol. The molecule has 0 fully saturated rings. The summed E-state index contributed by atoms with van der Waals surface area (Å²) >= 11 is 0. The van der Waals surface area contributed by atoms with Crippen LogP contribution < -0.4 is 24.8 Å². The van der Waals surface area contributed by atoms with Gasteiger partial charge in [0.25, 0.3) is 5.91 Å². The zero-order valence-electron chi connectivity index (χ0n) is 15.5. The van der Waals surface area contributed by atoms with E-state index >= 15 is 0 Å². The molecule has 0 unspecified atom stereocenters. The zero-order chi connectivity index (χ0) is 19.5. The largest absolute Gasteiger partial charge is 0.497 e. The van der Waals surface area contributed by atoms with Crippen molar-refractivity contribution in [2.45, 2.75) is 6.92 Å².